The van der Waals surface area contributed by atoms with E-state index >= 15 is 0 Å². The van der Waals surface area contributed by atoms with Crippen molar-refractivity contribution >= 4 is 5.91 Å². The lowest BCUT2D eigenvalue weighted by molar-refractivity contribution is -0.0574. The summed E-state index contributed by atoms with van der Waals surface area (Å²) in [6.45, 7) is 7.88. The molecule has 0 radical (unpaired) electrons. The van der Waals surface area contributed by atoms with Crippen molar-refractivity contribution in [3.63, 3.8) is 0 Å². The highest BCUT2D eigenvalue weighted by atomic mass is 16.5. The van der Waals surface area contributed by atoms with Gasteiger partial charge in [-0.3, -0.25) is 14.4 Å². The molecule has 2 aliphatic heterocycles. The van der Waals surface area contributed by atoms with Gasteiger partial charge < -0.3 is 14.4 Å². The number of tetrazole rings is 1. The topological polar surface area (TPSA) is 103 Å². The lowest BCUT2D eigenvalue weighted by Crippen LogP contribution is -2.61. The first kappa shape index (κ1) is 20.9. The van der Waals surface area contributed by atoms with Gasteiger partial charge >= 0.3 is 0 Å². The van der Waals surface area contributed by atoms with Gasteiger partial charge in [-0.25, -0.2) is 4.68 Å². The molecule has 164 valence electrons. The van der Waals surface area contributed by atoms with E-state index in [-0.39, 0.29) is 5.91 Å². The van der Waals surface area contributed by atoms with Crippen molar-refractivity contribution in [2.24, 2.45) is 0 Å². The highest BCUT2D eigenvalue weighted by Gasteiger charge is 2.48. The Morgan fingerprint density at radius 1 is 1.27 bits per heavy atom. The first-order valence-electron chi connectivity index (χ1n) is 10.6. The van der Waals surface area contributed by atoms with Crippen LogP contribution in [0.1, 0.15) is 36.1 Å². The molecule has 2 aromatic heterocycles. The molecule has 1 unspecified atom stereocenters. The van der Waals surface area contributed by atoms with Crippen LogP contribution in [0.3, 0.4) is 0 Å². The lowest BCUT2D eigenvalue weighted by Gasteiger charge is -2.49. The highest BCUT2D eigenvalue weighted by molar-refractivity contribution is 5.92. The molecule has 0 N–H and O–H groups in total. The number of amides is 1. The zero-order chi connectivity index (χ0) is 21.0. The van der Waals surface area contributed by atoms with Gasteiger partial charge in [0.25, 0.3) is 5.91 Å². The van der Waals surface area contributed by atoms with Crippen molar-refractivity contribution in [3.05, 3.63) is 23.8 Å². The summed E-state index contributed by atoms with van der Waals surface area (Å²) in [5.74, 6) is 0.797. The SMILES string of the molecule is CCn1nccc1C(=O)N1CCCC(c2nnnn2CCOC)(N2CCOCC2)C1. The summed E-state index contributed by atoms with van der Waals surface area (Å²) in [5, 5.41) is 16.9. The summed E-state index contributed by atoms with van der Waals surface area (Å²) < 4.78 is 14.4. The summed E-state index contributed by atoms with van der Waals surface area (Å²) in [5.41, 5.74) is 0.167. The molecule has 0 spiro atoms. The Hall–Kier alpha value is -2.37. The van der Waals surface area contributed by atoms with Crippen molar-refractivity contribution < 1.29 is 14.3 Å². The summed E-state index contributed by atoms with van der Waals surface area (Å²) in [7, 11) is 1.67. The van der Waals surface area contributed by atoms with Crippen LogP contribution in [0.5, 0.6) is 0 Å². The zero-order valence-electron chi connectivity index (χ0n) is 17.7. The van der Waals surface area contributed by atoms with Gasteiger partial charge in [0.2, 0.25) is 0 Å². The second kappa shape index (κ2) is 9.19. The van der Waals surface area contributed by atoms with E-state index in [1.807, 2.05) is 16.5 Å². The number of aromatic nitrogens is 6. The molecule has 11 nitrogen and oxygen atoms in total. The van der Waals surface area contributed by atoms with Crippen molar-refractivity contribution in [2.75, 3.05) is 53.1 Å². The fourth-order valence-corrected chi connectivity index (χ4v) is 4.58. The van der Waals surface area contributed by atoms with Gasteiger partial charge in [-0.05, 0) is 36.3 Å². The van der Waals surface area contributed by atoms with Gasteiger partial charge in [-0.15, -0.1) is 5.10 Å². The minimum Gasteiger partial charge on any atom is -0.383 e. The molecule has 4 rings (SSSR count). The Morgan fingerprint density at radius 2 is 2.10 bits per heavy atom. The number of methoxy groups -OCH3 is 1. The van der Waals surface area contributed by atoms with Gasteiger partial charge in [0, 0.05) is 46.0 Å². The Kier molecular flexibility index (Phi) is 6.40. The maximum Gasteiger partial charge on any atom is 0.272 e. The molecule has 0 aliphatic carbocycles. The van der Waals surface area contributed by atoms with Crippen LogP contribution < -0.4 is 0 Å². The van der Waals surface area contributed by atoms with Crippen molar-refractivity contribution in [2.45, 2.75) is 38.4 Å². The fourth-order valence-electron chi connectivity index (χ4n) is 4.58. The maximum atomic E-state index is 13.4. The third-order valence-corrected chi connectivity index (χ3v) is 6.06. The number of ether oxygens (including phenoxy) is 2. The van der Waals surface area contributed by atoms with Gasteiger partial charge in [-0.2, -0.15) is 5.10 Å². The quantitative estimate of drug-likeness (QED) is 0.619. The summed E-state index contributed by atoms with van der Waals surface area (Å²) in [6.07, 6.45) is 3.44. The average Bonchev–Trinajstić information content (AvgIpc) is 3.47. The predicted molar refractivity (Wildman–Crippen MR) is 107 cm³/mol. The standard InChI is InChI=1S/C19H30N8O3/c1-3-26-16(5-7-20-26)17(28)24-8-4-6-19(15-24,25-9-13-30-14-10-25)18-21-22-23-27(18)11-12-29-2/h5,7H,3-4,6,8-15H2,1-2H3. The minimum absolute atomic E-state index is 0.00241. The number of hydrogen-bond donors (Lipinski definition) is 0. The number of hydrogen-bond acceptors (Lipinski definition) is 8. The third kappa shape index (κ3) is 3.84. The van der Waals surface area contributed by atoms with Crippen LogP contribution in [-0.2, 0) is 28.1 Å². The zero-order valence-corrected chi connectivity index (χ0v) is 17.7. The first-order valence-corrected chi connectivity index (χ1v) is 10.6. The molecule has 2 saturated heterocycles. The smallest absolute Gasteiger partial charge is 0.272 e. The van der Waals surface area contributed by atoms with E-state index in [9.17, 15) is 4.79 Å². The Bertz CT molecular complexity index is 846. The van der Waals surface area contributed by atoms with E-state index in [4.69, 9.17) is 9.47 Å². The second-order valence-electron chi connectivity index (χ2n) is 7.71. The number of nitrogens with zero attached hydrogens (tertiary/aromatic N) is 8. The molecular weight excluding hydrogens is 388 g/mol. The van der Waals surface area contributed by atoms with E-state index in [0.717, 1.165) is 31.8 Å². The molecular formula is C19H30N8O3. The van der Waals surface area contributed by atoms with Crippen molar-refractivity contribution in [1.82, 2.24) is 39.8 Å². The van der Waals surface area contributed by atoms with E-state index < -0.39 is 5.54 Å². The lowest BCUT2D eigenvalue weighted by atomic mass is 9.85. The fraction of sp³-hybridized carbons (Fsp3) is 0.737. The van der Waals surface area contributed by atoms with E-state index in [0.29, 0.717) is 51.7 Å². The molecule has 2 aliphatic rings. The Morgan fingerprint density at radius 3 is 2.87 bits per heavy atom. The molecule has 0 saturated carbocycles. The average molecular weight is 419 g/mol. The molecule has 1 amide bonds. The maximum absolute atomic E-state index is 13.4. The molecule has 11 heteroatoms. The normalized spacial score (nSPS) is 23.1. The Labute approximate surface area is 175 Å². The van der Waals surface area contributed by atoms with Gasteiger partial charge in [0.1, 0.15) is 11.2 Å². The van der Waals surface area contributed by atoms with Crippen LogP contribution in [0.25, 0.3) is 0 Å². The molecule has 4 heterocycles. The van der Waals surface area contributed by atoms with Gasteiger partial charge in [-0.1, -0.05) is 0 Å². The second-order valence-corrected chi connectivity index (χ2v) is 7.71. The number of aryl methyl sites for hydroxylation is 1. The monoisotopic (exact) mass is 418 g/mol. The summed E-state index contributed by atoms with van der Waals surface area (Å²) in [4.78, 5) is 17.7. The van der Waals surface area contributed by atoms with Crippen LogP contribution in [0, 0.1) is 0 Å². The molecule has 2 aromatic rings. The molecule has 30 heavy (non-hydrogen) atoms. The number of likely N-dealkylation sites (tertiary alicyclic amines) is 1. The van der Waals surface area contributed by atoms with Gasteiger partial charge in [0.15, 0.2) is 5.82 Å². The van der Waals surface area contributed by atoms with Crippen molar-refractivity contribution in [1.29, 1.82) is 0 Å². The highest BCUT2D eigenvalue weighted by Crippen LogP contribution is 2.37. The Balaban J connectivity index is 1.67. The number of carbonyl (C=O) groups is 1. The van der Waals surface area contributed by atoms with Crippen LogP contribution in [0.4, 0.5) is 0 Å². The van der Waals surface area contributed by atoms with Gasteiger partial charge in [0.05, 0.1) is 26.4 Å². The van der Waals surface area contributed by atoms with E-state index in [1.165, 1.54) is 0 Å². The van der Waals surface area contributed by atoms with E-state index in [2.05, 4.69) is 25.5 Å². The number of carbonyl (C=O) groups excluding carboxylic acids is 1. The largest absolute Gasteiger partial charge is 0.383 e. The molecule has 0 bridgehead atoms. The van der Waals surface area contributed by atoms with Crippen LogP contribution in [0.2, 0.25) is 0 Å². The number of piperidine rings is 1. The molecule has 1 atom stereocenters. The van der Waals surface area contributed by atoms with Crippen LogP contribution in [0.15, 0.2) is 12.3 Å². The minimum atomic E-state index is -0.452. The van der Waals surface area contributed by atoms with E-state index in [1.54, 1.807) is 24.1 Å². The van der Waals surface area contributed by atoms with Crippen LogP contribution >= 0.6 is 0 Å². The first-order chi connectivity index (χ1) is 14.7. The summed E-state index contributed by atoms with van der Waals surface area (Å²) in [6, 6.07) is 1.79. The van der Waals surface area contributed by atoms with Crippen molar-refractivity contribution in [3.8, 4) is 0 Å². The molecule has 0 aromatic carbocycles. The van der Waals surface area contributed by atoms with Crippen LogP contribution in [-0.4, -0.2) is 98.8 Å². The number of morpholine rings is 1. The molecule has 2 fully saturated rings. The summed E-state index contributed by atoms with van der Waals surface area (Å²) >= 11 is 0. The number of rotatable bonds is 7. The third-order valence-electron chi connectivity index (χ3n) is 6.06. The predicted octanol–water partition coefficient (Wildman–Crippen LogP) is -0.000400.